The topological polar surface area (TPSA) is 46.3 Å². The predicted molar refractivity (Wildman–Crippen MR) is 73.5 cm³/mol. The fraction of sp³-hybridized carbons (Fsp3) is 0.533. The molecule has 116 valence electrons. The van der Waals surface area contributed by atoms with Crippen molar-refractivity contribution < 1.29 is 18.0 Å². The maximum absolute atomic E-state index is 12.7. The van der Waals surface area contributed by atoms with Gasteiger partial charge in [-0.15, -0.1) is 0 Å². The zero-order chi connectivity index (χ0) is 15.6. The highest BCUT2D eigenvalue weighted by Crippen LogP contribution is 2.29. The molecule has 0 aromatic heterocycles. The predicted octanol–water partition coefficient (Wildman–Crippen LogP) is 2.59. The molecule has 1 aliphatic rings. The number of halogens is 3. The van der Waals surface area contributed by atoms with E-state index in [1.54, 1.807) is 11.0 Å². The largest absolute Gasteiger partial charge is 0.416 e. The molecule has 0 radical (unpaired) electrons. The fourth-order valence-electron chi connectivity index (χ4n) is 2.71. The van der Waals surface area contributed by atoms with Gasteiger partial charge in [0.25, 0.3) is 0 Å². The Bertz CT molecular complexity index is 516. The normalized spacial score (nSPS) is 23.2. The molecular formula is C15H19F3N2O. The third kappa shape index (κ3) is 3.97. The summed E-state index contributed by atoms with van der Waals surface area (Å²) in [6, 6.07) is 5.06. The number of rotatable bonds is 2. The van der Waals surface area contributed by atoms with E-state index in [2.05, 4.69) is 0 Å². The molecule has 0 bridgehead atoms. The smallest absolute Gasteiger partial charge is 0.340 e. The summed E-state index contributed by atoms with van der Waals surface area (Å²) in [6.07, 6.45) is -2.93. The van der Waals surface area contributed by atoms with Crippen LogP contribution in [0.15, 0.2) is 24.3 Å². The second kappa shape index (κ2) is 6.05. The lowest BCUT2D eigenvalue weighted by atomic mass is 9.98. The van der Waals surface area contributed by atoms with Gasteiger partial charge in [0, 0.05) is 18.6 Å². The number of amides is 1. The molecule has 1 saturated heterocycles. The summed E-state index contributed by atoms with van der Waals surface area (Å²) in [7, 11) is 0. The van der Waals surface area contributed by atoms with Crippen molar-refractivity contribution in [1.82, 2.24) is 4.90 Å². The van der Waals surface area contributed by atoms with Crippen LogP contribution >= 0.6 is 0 Å². The number of nitrogens with zero attached hydrogens (tertiary/aromatic N) is 1. The van der Waals surface area contributed by atoms with Gasteiger partial charge < -0.3 is 10.6 Å². The van der Waals surface area contributed by atoms with Gasteiger partial charge in [-0.3, -0.25) is 4.79 Å². The second-order valence-corrected chi connectivity index (χ2v) is 5.60. The van der Waals surface area contributed by atoms with Gasteiger partial charge >= 0.3 is 6.18 Å². The maximum Gasteiger partial charge on any atom is 0.416 e. The van der Waals surface area contributed by atoms with Crippen LogP contribution in [0, 0.1) is 0 Å². The van der Waals surface area contributed by atoms with Crippen LogP contribution in [0.2, 0.25) is 0 Å². The minimum atomic E-state index is -4.38. The van der Waals surface area contributed by atoms with Crippen molar-refractivity contribution >= 4 is 5.91 Å². The standard InChI is InChI=1S/C15H19F3N2O/c1-10-7-13(19)5-6-20(10)14(21)9-11-3-2-4-12(8-11)15(16,17)18/h2-4,8,10,13H,5-7,9,19H2,1H3/t10-,13-/m0/s1. The molecule has 1 heterocycles. The summed E-state index contributed by atoms with van der Waals surface area (Å²) >= 11 is 0. The van der Waals surface area contributed by atoms with E-state index in [-0.39, 0.29) is 24.4 Å². The molecule has 0 unspecified atom stereocenters. The Labute approximate surface area is 121 Å². The Morgan fingerprint density at radius 1 is 1.43 bits per heavy atom. The van der Waals surface area contributed by atoms with Crippen molar-refractivity contribution in [3.05, 3.63) is 35.4 Å². The molecule has 0 spiro atoms. The van der Waals surface area contributed by atoms with Gasteiger partial charge in [0.1, 0.15) is 0 Å². The second-order valence-electron chi connectivity index (χ2n) is 5.60. The summed E-state index contributed by atoms with van der Waals surface area (Å²) in [6.45, 7) is 2.49. The van der Waals surface area contributed by atoms with E-state index in [1.807, 2.05) is 6.92 Å². The van der Waals surface area contributed by atoms with Gasteiger partial charge in [0.2, 0.25) is 5.91 Å². The Morgan fingerprint density at radius 2 is 2.14 bits per heavy atom. The van der Waals surface area contributed by atoms with Gasteiger partial charge in [-0.2, -0.15) is 13.2 Å². The summed E-state index contributed by atoms with van der Waals surface area (Å²) < 4.78 is 38.0. The number of benzene rings is 1. The summed E-state index contributed by atoms with van der Waals surface area (Å²) in [5, 5.41) is 0. The first-order valence-electron chi connectivity index (χ1n) is 6.98. The van der Waals surface area contributed by atoms with Crippen molar-refractivity contribution in [2.24, 2.45) is 5.73 Å². The number of likely N-dealkylation sites (tertiary alicyclic amines) is 1. The third-order valence-electron chi connectivity index (χ3n) is 3.85. The molecule has 1 fully saturated rings. The number of nitrogens with two attached hydrogens (primary N) is 1. The van der Waals surface area contributed by atoms with E-state index in [4.69, 9.17) is 5.73 Å². The van der Waals surface area contributed by atoms with Crippen LogP contribution in [0.3, 0.4) is 0 Å². The minimum absolute atomic E-state index is 0.0104. The zero-order valence-corrected chi connectivity index (χ0v) is 11.9. The zero-order valence-electron chi connectivity index (χ0n) is 11.9. The van der Waals surface area contributed by atoms with Crippen LogP contribution in [0.1, 0.15) is 30.9 Å². The SMILES string of the molecule is C[C@H]1C[C@@H](N)CCN1C(=O)Cc1cccc(C(F)(F)F)c1. The Balaban J connectivity index is 2.06. The number of hydrogen-bond acceptors (Lipinski definition) is 2. The van der Waals surface area contributed by atoms with E-state index in [1.165, 1.54) is 6.07 Å². The molecule has 21 heavy (non-hydrogen) atoms. The van der Waals surface area contributed by atoms with Gasteiger partial charge in [-0.25, -0.2) is 0 Å². The molecule has 6 heteroatoms. The van der Waals surface area contributed by atoms with Crippen LogP contribution in [-0.4, -0.2) is 29.4 Å². The van der Waals surface area contributed by atoms with Crippen LogP contribution in [0.25, 0.3) is 0 Å². The summed E-state index contributed by atoms with van der Waals surface area (Å²) in [5.41, 5.74) is 5.51. The summed E-state index contributed by atoms with van der Waals surface area (Å²) in [5.74, 6) is -0.145. The lowest BCUT2D eigenvalue weighted by Crippen LogP contribution is -2.48. The monoisotopic (exact) mass is 300 g/mol. The van der Waals surface area contributed by atoms with Crippen LogP contribution in [0.5, 0.6) is 0 Å². The lowest BCUT2D eigenvalue weighted by Gasteiger charge is -2.36. The van der Waals surface area contributed by atoms with Gasteiger partial charge in [-0.05, 0) is 31.4 Å². The first-order chi connectivity index (χ1) is 9.77. The van der Waals surface area contributed by atoms with Crippen molar-refractivity contribution in [3.8, 4) is 0 Å². The Morgan fingerprint density at radius 3 is 2.76 bits per heavy atom. The van der Waals surface area contributed by atoms with E-state index in [9.17, 15) is 18.0 Å². The third-order valence-corrected chi connectivity index (χ3v) is 3.85. The molecule has 1 aromatic carbocycles. The van der Waals surface area contributed by atoms with E-state index >= 15 is 0 Å². The Kier molecular flexibility index (Phi) is 4.56. The first kappa shape index (κ1) is 15.8. The van der Waals surface area contributed by atoms with Crippen molar-refractivity contribution in [2.45, 2.75) is 44.4 Å². The number of carbonyl (C=O) groups excluding carboxylic acids is 1. The molecule has 1 aliphatic heterocycles. The van der Waals surface area contributed by atoms with Crippen molar-refractivity contribution in [2.75, 3.05) is 6.54 Å². The van der Waals surface area contributed by atoms with Crippen molar-refractivity contribution in [3.63, 3.8) is 0 Å². The molecular weight excluding hydrogens is 281 g/mol. The molecule has 2 rings (SSSR count). The van der Waals surface area contributed by atoms with Crippen LogP contribution in [0.4, 0.5) is 13.2 Å². The number of carbonyl (C=O) groups is 1. The number of alkyl halides is 3. The molecule has 0 saturated carbocycles. The quantitative estimate of drug-likeness (QED) is 0.912. The van der Waals surface area contributed by atoms with Gasteiger partial charge in [0.05, 0.1) is 12.0 Å². The van der Waals surface area contributed by atoms with Crippen LogP contribution < -0.4 is 5.73 Å². The molecule has 2 atom stereocenters. The number of piperidine rings is 1. The molecule has 0 aliphatic carbocycles. The minimum Gasteiger partial charge on any atom is -0.340 e. The molecule has 1 amide bonds. The molecule has 1 aromatic rings. The molecule has 3 nitrogen and oxygen atoms in total. The van der Waals surface area contributed by atoms with Gasteiger partial charge in [0.15, 0.2) is 0 Å². The highest BCUT2D eigenvalue weighted by atomic mass is 19.4. The van der Waals surface area contributed by atoms with E-state index in [0.29, 0.717) is 12.1 Å². The van der Waals surface area contributed by atoms with Crippen LogP contribution in [-0.2, 0) is 17.4 Å². The van der Waals surface area contributed by atoms with E-state index in [0.717, 1.165) is 25.0 Å². The highest BCUT2D eigenvalue weighted by molar-refractivity contribution is 5.79. The molecule has 2 N–H and O–H groups in total. The van der Waals surface area contributed by atoms with Gasteiger partial charge in [-0.1, -0.05) is 18.2 Å². The fourth-order valence-corrected chi connectivity index (χ4v) is 2.71. The van der Waals surface area contributed by atoms with E-state index < -0.39 is 11.7 Å². The number of hydrogen-bond donors (Lipinski definition) is 1. The average molecular weight is 300 g/mol. The summed E-state index contributed by atoms with van der Waals surface area (Å²) in [4.78, 5) is 14.0. The lowest BCUT2D eigenvalue weighted by molar-refractivity contribution is -0.138. The Hall–Kier alpha value is -1.56. The average Bonchev–Trinajstić information content (AvgIpc) is 2.37. The van der Waals surface area contributed by atoms with Crippen molar-refractivity contribution in [1.29, 1.82) is 0 Å². The first-order valence-corrected chi connectivity index (χ1v) is 6.98. The highest BCUT2D eigenvalue weighted by Gasteiger charge is 2.31. The maximum atomic E-state index is 12.7.